The highest BCUT2D eigenvalue weighted by atomic mass is 16.5. The maximum absolute atomic E-state index is 11.6. The molecule has 1 aromatic carbocycles. The second kappa shape index (κ2) is 7.88. The Labute approximate surface area is 125 Å². The average Bonchev–Trinajstić information content (AvgIpc) is 2.55. The van der Waals surface area contributed by atoms with Gasteiger partial charge >= 0.3 is 5.97 Å². The van der Waals surface area contributed by atoms with Gasteiger partial charge < -0.3 is 14.2 Å². The maximum Gasteiger partial charge on any atom is 0.309 e. The minimum atomic E-state index is -0.101. The number of methoxy groups -OCH3 is 2. The number of hydrogen-bond acceptors (Lipinski definition) is 5. The van der Waals surface area contributed by atoms with Crippen molar-refractivity contribution in [2.45, 2.75) is 12.8 Å². The summed E-state index contributed by atoms with van der Waals surface area (Å²) in [6.07, 6.45) is 1.95. The van der Waals surface area contributed by atoms with Crippen molar-refractivity contribution in [3.05, 3.63) is 24.3 Å². The molecule has 0 aliphatic carbocycles. The first kappa shape index (κ1) is 15.6. The summed E-state index contributed by atoms with van der Waals surface area (Å²) in [5.41, 5.74) is 0. The predicted molar refractivity (Wildman–Crippen MR) is 79.7 cm³/mol. The van der Waals surface area contributed by atoms with Crippen LogP contribution >= 0.6 is 0 Å². The van der Waals surface area contributed by atoms with Crippen molar-refractivity contribution in [3.63, 3.8) is 0 Å². The molecule has 2 rings (SSSR count). The zero-order valence-electron chi connectivity index (χ0n) is 12.7. The highest BCUT2D eigenvalue weighted by Crippen LogP contribution is 2.19. The molecule has 21 heavy (non-hydrogen) atoms. The number of ether oxygens (including phenoxy) is 3. The molecular formula is C16H23NO4. The Morgan fingerprint density at radius 3 is 2.62 bits per heavy atom. The molecule has 0 bridgehead atoms. The number of carbonyl (C=O) groups excluding carboxylic acids is 1. The Balaban J connectivity index is 1.73. The second-order valence-electron chi connectivity index (χ2n) is 5.19. The van der Waals surface area contributed by atoms with Gasteiger partial charge in [-0.25, -0.2) is 0 Å². The van der Waals surface area contributed by atoms with Crippen molar-refractivity contribution in [1.82, 2.24) is 4.90 Å². The number of piperidine rings is 1. The summed E-state index contributed by atoms with van der Waals surface area (Å²) in [5.74, 6) is 1.55. The molecule has 0 aromatic heterocycles. The minimum Gasteiger partial charge on any atom is -0.497 e. The second-order valence-corrected chi connectivity index (χ2v) is 5.19. The topological polar surface area (TPSA) is 48.0 Å². The highest BCUT2D eigenvalue weighted by Gasteiger charge is 2.26. The summed E-state index contributed by atoms with van der Waals surface area (Å²) >= 11 is 0. The van der Waals surface area contributed by atoms with E-state index in [1.807, 2.05) is 24.3 Å². The molecule has 0 saturated carbocycles. The van der Waals surface area contributed by atoms with Gasteiger partial charge in [-0.1, -0.05) is 0 Å². The number of hydrogen-bond donors (Lipinski definition) is 0. The SMILES string of the molecule is COC(=O)C1CCCN(CCOc2ccc(OC)cc2)C1. The monoisotopic (exact) mass is 293 g/mol. The zero-order valence-corrected chi connectivity index (χ0v) is 12.7. The highest BCUT2D eigenvalue weighted by molar-refractivity contribution is 5.72. The number of nitrogens with zero attached hydrogens (tertiary/aromatic N) is 1. The zero-order chi connectivity index (χ0) is 15.1. The van der Waals surface area contributed by atoms with Crippen LogP contribution in [0.5, 0.6) is 11.5 Å². The Morgan fingerprint density at radius 1 is 1.24 bits per heavy atom. The van der Waals surface area contributed by atoms with E-state index in [1.165, 1.54) is 7.11 Å². The number of benzene rings is 1. The fourth-order valence-electron chi connectivity index (χ4n) is 2.58. The van der Waals surface area contributed by atoms with Crippen LogP contribution in [0.3, 0.4) is 0 Å². The van der Waals surface area contributed by atoms with Gasteiger partial charge in [0.2, 0.25) is 0 Å². The van der Waals surface area contributed by atoms with E-state index in [0.717, 1.165) is 44.0 Å². The van der Waals surface area contributed by atoms with Crippen LogP contribution < -0.4 is 9.47 Å². The van der Waals surface area contributed by atoms with Crippen molar-refractivity contribution in [2.24, 2.45) is 5.92 Å². The number of carbonyl (C=O) groups is 1. The van der Waals surface area contributed by atoms with Crippen LogP contribution in [-0.4, -0.2) is 51.3 Å². The summed E-state index contributed by atoms with van der Waals surface area (Å²) in [6, 6.07) is 7.55. The van der Waals surface area contributed by atoms with Crippen LogP contribution in [0.4, 0.5) is 0 Å². The molecule has 0 amide bonds. The first-order valence-electron chi connectivity index (χ1n) is 7.30. The van der Waals surface area contributed by atoms with Crippen LogP contribution in [-0.2, 0) is 9.53 Å². The van der Waals surface area contributed by atoms with Crippen LogP contribution in [0, 0.1) is 5.92 Å². The lowest BCUT2D eigenvalue weighted by Gasteiger charge is -2.31. The molecule has 1 aliphatic heterocycles. The van der Waals surface area contributed by atoms with Crippen molar-refractivity contribution in [3.8, 4) is 11.5 Å². The van der Waals surface area contributed by atoms with Gasteiger partial charge in [0.25, 0.3) is 0 Å². The third kappa shape index (κ3) is 4.63. The van der Waals surface area contributed by atoms with E-state index in [1.54, 1.807) is 7.11 Å². The van der Waals surface area contributed by atoms with Gasteiger partial charge in [0.05, 0.1) is 20.1 Å². The predicted octanol–water partition coefficient (Wildman–Crippen LogP) is 1.96. The lowest BCUT2D eigenvalue weighted by molar-refractivity contribution is -0.147. The third-order valence-electron chi connectivity index (χ3n) is 3.78. The lowest BCUT2D eigenvalue weighted by atomic mass is 9.98. The van der Waals surface area contributed by atoms with Gasteiger partial charge in [0.1, 0.15) is 18.1 Å². The van der Waals surface area contributed by atoms with Crippen LogP contribution in [0.1, 0.15) is 12.8 Å². The van der Waals surface area contributed by atoms with Crippen molar-refractivity contribution in [1.29, 1.82) is 0 Å². The quantitative estimate of drug-likeness (QED) is 0.750. The maximum atomic E-state index is 11.6. The van der Waals surface area contributed by atoms with Crippen molar-refractivity contribution >= 4 is 5.97 Å². The fraction of sp³-hybridized carbons (Fsp3) is 0.562. The molecule has 0 spiro atoms. The molecule has 0 radical (unpaired) electrons. The third-order valence-corrected chi connectivity index (χ3v) is 3.78. The lowest BCUT2D eigenvalue weighted by Crippen LogP contribution is -2.41. The van der Waals surface area contributed by atoms with Crippen LogP contribution in [0.15, 0.2) is 24.3 Å². The molecule has 1 fully saturated rings. The van der Waals surface area contributed by atoms with Gasteiger partial charge in [-0.05, 0) is 43.7 Å². The van der Waals surface area contributed by atoms with E-state index >= 15 is 0 Å². The molecule has 1 saturated heterocycles. The largest absolute Gasteiger partial charge is 0.497 e. The Morgan fingerprint density at radius 2 is 1.95 bits per heavy atom. The molecule has 1 heterocycles. The van der Waals surface area contributed by atoms with Gasteiger partial charge in [-0.3, -0.25) is 9.69 Å². The summed E-state index contributed by atoms with van der Waals surface area (Å²) in [7, 11) is 3.10. The minimum absolute atomic E-state index is 0.00439. The number of likely N-dealkylation sites (tertiary alicyclic amines) is 1. The standard InChI is InChI=1S/C16H23NO4/c1-19-14-5-7-15(8-6-14)21-11-10-17-9-3-4-13(12-17)16(18)20-2/h5-8,13H,3-4,9-12H2,1-2H3. The molecule has 5 heteroatoms. The molecule has 1 unspecified atom stereocenters. The number of rotatable bonds is 6. The molecule has 1 aromatic rings. The van der Waals surface area contributed by atoms with Gasteiger partial charge in [-0.15, -0.1) is 0 Å². The summed E-state index contributed by atoms with van der Waals surface area (Å²) < 4.78 is 15.6. The normalized spacial score (nSPS) is 19.0. The first-order chi connectivity index (χ1) is 10.2. The smallest absolute Gasteiger partial charge is 0.309 e. The molecule has 0 N–H and O–H groups in total. The number of esters is 1. The fourth-order valence-corrected chi connectivity index (χ4v) is 2.58. The molecule has 1 atom stereocenters. The summed E-state index contributed by atoms with van der Waals surface area (Å²) in [6.45, 7) is 3.21. The van der Waals surface area contributed by atoms with E-state index < -0.39 is 0 Å². The van der Waals surface area contributed by atoms with Gasteiger partial charge in [-0.2, -0.15) is 0 Å². The van der Waals surface area contributed by atoms with Crippen LogP contribution in [0.25, 0.3) is 0 Å². The molecule has 1 aliphatic rings. The summed E-state index contributed by atoms with van der Waals surface area (Å²) in [5, 5.41) is 0. The van der Waals surface area contributed by atoms with Gasteiger partial charge in [0.15, 0.2) is 0 Å². The first-order valence-corrected chi connectivity index (χ1v) is 7.30. The van der Waals surface area contributed by atoms with E-state index in [0.29, 0.717) is 6.61 Å². The van der Waals surface area contributed by atoms with E-state index in [-0.39, 0.29) is 11.9 Å². The van der Waals surface area contributed by atoms with Crippen molar-refractivity contribution < 1.29 is 19.0 Å². The molecule has 116 valence electrons. The van der Waals surface area contributed by atoms with Gasteiger partial charge in [0, 0.05) is 13.1 Å². The molecule has 5 nitrogen and oxygen atoms in total. The Bertz CT molecular complexity index is 446. The Hall–Kier alpha value is -1.75. The Kier molecular flexibility index (Phi) is 5.87. The van der Waals surface area contributed by atoms with E-state index in [9.17, 15) is 4.79 Å². The summed E-state index contributed by atoms with van der Waals surface area (Å²) in [4.78, 5) is 13.8. The van der Waals surface area contributed by atoms with Crippen molar-refractivity contribution in [2.75, 3.05) is 40.5 Å². The van der Waals surface area contributed by atoms with E-state index in [4.69, 9.17) is 14.2 Å². The average molecular weight is 293 g/mol. The molecular weight excluding hydrogens is 270 g/mol. The van der Waals surface area contributed by atoms with Crippen LogP contribution in [0.2, 0.25) is 0 Å². The van der Waals surface area contributed by atoms with E-state index in [2.05, 4.69) is 4.90 Å².